The first-order valence-corrected chi connectivity index (χ1v) is 6.78. The first-order chi connectivity index (χ1) is 7.99. The Labute approximate surface area is 107 Å². The van der Waals surface area contributed by atoms with E-state index in [4.69, 9.17) is 0 Å². The zero-order chi connectivity index (χ0) is 12.9. The normalized spacial score (nSPS) is 11.5. The van der Waals surface area contributed by atoms with E-state index in [0.29, 0.717) is 6.54 Å². The van der Waals surface area contributed by atoms with Crippen LogP contribution in [0, 0.1) is 0 Å². The van der Waals surface area contributed by atoms with Crippen LogP contribution in [0.2, 0.25) is 0 Å². The highest BCUT2D eigenvalue weighted by atomic mass is 32.1. The molecule has 0 bridgehead atoms. The molecule has 1 aromatic heterocycles. The molecule has 1 aromatic rings. The van der Waals surface area contributed by atoms with Crippen LogP contribution in [0.4, 0.5) is 0 Å². The van der Waals surface area contributed by atoms with Crippen LogP contribution in [0.25, 0.3) is 0 Å². The van der Waals surface area contributed by atoms with Gasteiger partial charge in [-0.15, -0.1) is 11.3 Å². The van der Waals surface area contributed by atoms with Gasteiger partial charge in [0.1, 0.15) is 5.01 Å². The van der Waals surface area contributed by atoms with Gasteiger partial charge < -0.3 is 10.6 Å². The second kappa shape index (κ2) is 6.12. The van der Waals surface area contributed by atoms with Crippen LogP contribution in [0.5, 0.6) is 0 Å². The van der Waals surface area contributed by atoms with Crippen molar-refractivity contribution >= 4 is 17.2 Å². The van der Waals surface area contributed by atoms with Crippen molar-refractivity contribution in [1.82, 2.24) is 15.6 Å². The fraction of sp³-hybridized carbons (Fsp3) is 0.667. The lowest BCUT2D eigenvalue weighted by molar-refractivity contribution is -0.126. The van der Waals surface area contributed by atoms with Crippen LogP contribution >= 0.6 is 11.3 Å². The molecule has 1 rings (SSSR count). The Hall–Kier alpha value is -0.940. The molecule has 0 aliphatic rings. The van der Waals surface area contributed by atoms with E-state index in [9.17, 15) is 4.79 Å². The van der Waals surface area contributed by atoms with Gasteiger partial charge in [0.2, 0.25) is 5.91 Å². The third kappa shape index (κ3) is 4.09. The lowest BCUT2D eigenvalue weighted by Gasteiger charge is -2.24. The molecule has 0 fully saturated rings. The number of aryl methyl sites for hydroxylation is 1. The fourth-order valence-corrected chi connectivity index (χ4v) is 2.29. The maximum atomic E-state index is 11.9. The quantitative estimate of drug-likeness (QED) is 0.813. The number of amides is 1. The van der Waals surface area contributed by atoms with E-state index in [1.165, 1.54) is 4.88 Å². The largest absolute Gasteiger partial charge is 0.348 e. The molecular formula is C12H21N3OS. The Bertz CT molecular complexity index is 374. The summed E-state index contributed by atoms with van der Waals surface area (Å²) in [6.45, 7) is 9.14. The van der Waals surface area contributed by atoms with Gasteiger partial charge in [-0.2, -0.15) is 0 Å². The highest BCUT2D eigenvalue weighted by Gasteiger charge is 2.25. The minimum absolute atomic E-state index is 0.00704. The molecule has 0 unspecified atom stereocenters. The van der Waals surface area contributed by atoms with Gasteiger partial charge in [0, 0.05) is 11.1 Å². The highest BCUT2D eigenvalue weighted by molar-refractivity contribution is 7.11. The van der Waals surface area contributed by atoms with Gasteiger partial charge in [0.05, 0.1) is 12.1 Å². The molecule has 1 heterocycles. The number of carbonyl (C=O) groups excluding carboxylic acids is 1. The van der Waals surface area contributed by atoms with Crippen molar-refractivity contribution in [2.24, 2.45) is 0 Å². The van der Waals surface area contributed by atoms with Gasteiger partial charge in [0.25, 0.3) is 0 Å². The van der Waals surface area contributed by atoms with Crippen molar-refractivity contribution in [3.8, 4) is 0 Å². The molecule has 0 aliphatic carbocycles. The van der Waals surface area contributed by atoms with Crippen molar-refractivity contribution < 1.29 is 4.79 Å². The van der Waals surface area contributed by atoms with Gasteiger partial charge in [-0.1, -0.05) is 13.8 Å². The second-order valence-electron chi connectivity index (χ2n) is 4.41. The molecule has 0 radical (unpaired) electrons. The fourth-order valence-electron chi connectivity index (χ4n) is 1.49. The number of likely N-dealkylation sites (N-methyl/N-ethyl adjacent to an activating group) is 1. The Morgan fingerprint density at radius 1 is 1.47 bits per heavy atom. The van der Waals surface area contributed by atoms with E-state index >= 15 is 0 Å². The minimum Gasteiger partial charge on any atom is -0.348 e. The molecule has 5 heteroatoms. The van der Waals surface area contributed by atoms with Gasteiger partial charge in [-0.05, 0) is 26.8 Å². The molecule has 1 amide bonds. The van der Waals surface area contributed by atoms with E-state index < -0.39 is 5.54 Å². The van der Waals surface area contributed by atoms with E-state index in [0.717, 1.165) is 18.0 Å². The number of nitrogens with zero attached hydrogens (tertiary/aromatic N) is 1. The molecule has 0 saturated carbocycles. The summed E-state index contributed by atoms with van der Waals surface area (Å²) in [6.07, 6.45) is 2.87. The van der Waals surface area contributed by atoms with Crippen LogP contribution < -0.4 is 10.6 Å². The molecule has 96 valence electrons. The summed E-state index contributed by atoms with van der Waals surface area (Å²) in [4.78, 5) is 17.4. The first-order valence-electron chi connectivity index (χ1n) is 5.96. The average Bonchev–Trinajstić information content (AvgIpc) is 2.73. The summed E-state index contributed by atoms with van der Waals surface area (Å²) in [5.74, 6) is 0.00704. The summed E-state index contributed by atoms with van der Waals surface area (Å²) < 4.78 is 0. The highest BCUT2D eigenvalue weighted by Crippen LogP contribution is 2.13. The number of rotatable bonds is 6. The van der Waals surface area contributed by atoms with E-state index in [1.54, 1.807) is 11.3 Å². The number of aromatic nitrogens is 1. The zero-order valence-electron chi connectivity index (χ0n) is 11.0. The Balaban J connectivity index is 2.47. The van der Waals surface area contributed by atoms with Crippen molar-refractivity contribution in [3.05, 3.63) is 16.1 Å². The van der Waals surface area contributed by atoms with E-state index in [1.807, 2.05) is 27.0 Å². The SMILES string of the molecule is CCNC(C)(C)C(=O)NCc1ncc(CC)s1. The molecule has 17 heavy (non-hydrogen) atoms. The maximum absolute atomic E-state index is 11.9. The predicted molar refractivity (Wildman–Crippen MR) is 71.1 cm³/mol. The second-order valence-corrected chi connectivity index (χ2v) is 5.61. The molecule has 4 nitrogen and oxygen atoms in total. The third-order valence-electron chi connectivity index (χ3n) is 2.54. The number of thiazole rings is 1. The Kier molecular flexibility index (Phi) is 5.08. The summed E-state index contributed by atoms with van der Waals surface area (Å²) >= 11 is 1.65. The molecular weight excluding hydrogens is 234 g/mol. The molecule has 0 spiro atoms. The maximum Gasteiger partial charge on any atom is 0.240 e. The molecule has 0 aromatic carbocycles. The average molecular weight is 255 g/mol. The van der Waals surface area contributed by atoms with Gasteiger partial charge in [0.15, 0.2) is 0 Å². The standard InChI is InChI=1S/C12H21N3OS/c1-5-9-7-13-10(17-9)8-14-11(16)12(3,4)15-6-2/h7,15H,5-6,8H2,1-4H3,(H,14,16). The lowest BCUT2D eigenvalue weighted by Crippen LogP contribution is -2.52. The van der Waals surface area contributed by atoms with Gasteiger partial charge in [-0.25, -0.2) is 4.98 Å². The van der Waals surface area contributed by atoms with E-state index in [-0.39, 0.29) is 5.91 Å². The van der Waals surface area contributed by atoms with Crippen LogP contribution in [-0.2, 0) is 17.8 Å². The van der Waals surface area contributed by atoms with Crippen molar-refractivity contribution in [2.75, 3.05) is 6.54 Å². The van der Waals surface area contributed by atoms with E-state index in [2.05, 4.69) is 22.5 Å². The van der Waals surface area contributed by atoms with Crippen molar-refractivity contribution in [2.45, 2.75) is 46.2 Å². The number of hydrogen-bond donors (Lipinski definition) is 2. The number of carbonyl (C=O) groups is 1. The zero-order valence-corrected chi connectivity index (χ0v) is 11.8. The summed E-state index contributed by atoms with van der Waals surface area (Å²) in [5.41, 5.74) is -0.528. The predicted octanol–water partition coefficient (Wildman–Crippen LogP) is 1.71. The minimum atomic E-state index is -0.528. The number of nitrogens with one attached hydrogen (secondary N) is 2. The van der Waals surface area contributed by atoms with Crippen LogP contribution in [0.3, 0.4) is 0 Å². The van der Waals surface area contributed by atoms with Crippen molar-refractivity contribution in [1.29, 1.82) is 0 Å². The lowest BCUT2D eigenvalue weighted by atomic mass is 10.1. The number of hydrogen-bond acceptors (Lipinski definition) is 4. The summed E-state index contributed by atoms with van der Waals surface area (Å²) in [5, 5.41) is 7.01. The first kappa shape index (κ1) is 14.1. The van der Waals surface area contributed by atoms with Crippen LogP contribution in [0.15, 0.2) is 6.20 Å². The molecule has 2 N–H and O–H groups in total. The van der Waals surface area contributed by atoms with Crippen LogP contribution in [-0.4, -0.2) is 23.0 Å². The van der Waals surface area contributed by atoms with Gasteiger partial charge >= 0.3 is 0 Å². The van der Waals surface area contributed by atoms with Crippen LogP contribution in [0.1, 0.15) is 37.6 Å². The monoisotopic (exact) mass is 255 g/mol. The molecule has 0 aliphatic heterocycles. The third-order valence-corrected chi connectivity index (χ3v) is 3.68. The smallest absolute Gasteiger partial charge is 0.240 e. The summed E-state index contributed by atoms with van der Waals surface area (Å²) in [6, 6.07) is 0. The van der Waals surface area contributed by atoms with Crippen molar-refractivity contribution in [3.63, 3.8) is 0 Å². The molecule has 0 saturated heterocycles. The van der Waals surface area contributed by atoms with Gasteiger partial charge in [-0.3, -0.25) is 4.79 Å². The Morgan fingerprint density at radius 2 is 2.18 bits per heavy atom. The topological polar surface area (TPSA) is 54.0 Å². The summed E-state index contributed by atoms with van der Waals surface area (Å²) in [7, 11) is 0. The Morgan fingerprint density at radius 3 is 2.71 bits per heavy atom. The molecule has 0 atom stereocenters.